The van der Waals surface area contributed by atoms with Crippen LogP contribution in [0.5, 0.6) is 0 Å². The molecule has 3 aromatic carbocycles. The molecule has 0 aliphatic heterocycles. The van der Waals surface area contributed by atoms with Crippen LogP contribution in [0, 0.1) is 0 Å². The molecule has 0 fully saturated rings. The Bertz CT molecular complexity index is 1210. The number of aliphatic hydroxyl groups excluding tert-OH is 1. The average Bonchev–Trinajstić information content (AvgIpc) is 2.98. The van der Waals surface area contributed by atoms with E-state index in [1.54, 1.807) is 6.92 Å². The van der Waals surface area contributed by atoms with Crippen LogP contribution in [-0.2, 0) is 20.5 Å². The van der Waals surface area contributed by atoms with Crippen molar-refractivity contribution >= 4 is 24.7 Å². The number of carbonyl (C=O) groups excluding carboxylic acids is 1. The molecule has 41 heavy (non-hydrogen) atoms. The van der Waals surface area contributed by atoms with Crippen LogP contribution in [0.25, 0.3) is 0 Å². The lowest BCUT2D eigenvalue weighted by Gasteiger charge is -2.44. The maximum Gasteiger partial charge on any atom is 0.330 e. The number of ether oxygens (including phenoxy) is 1. The van der Waals surface area contributed by atoms with E-state index in [0.29, 0.717) is 26.3 Å². The molecule has 0 unspecified atom stereocenters. The summed E-state index contributed by atoms with van der Waals surface area (Å²) in [5.41, 5.74) is 2.05. The molecule has 218 valence electrons. The van der Waals surface area contributed by atoms with Gasteiger partial charge in [-0.05, 0) is 34.8 Å². The first-order valence-electron chi connectivity index (χ1n) is 14.4. The minimum absolute atomic E-state index is 0.00106. The molecule has 1 atom stereocenters. The summed E-state index contributed by atoms with van der Waals surface area (Å²) in [5, 5.41) is 11.9. The first kappa shape index (κ1) is 32.2. The van der Waals surface area contributed by atoms with Gasteiger partial charge in [0, 0.05) is 19.2 Å². The third kappa shape index (κ3) is 8.84. The number of benzene rings is 3. The maximum atomic E-state index is 12.4. The van der Waals surface area contributed by atoms with Gasteiger partial charge in [0.25, 0.3) is 8.32 Å². The number of esters is 1. The maximum absolute atomic E-state index is 12.4. The highest BCUT2D eigenvalue weighted by Crippen LogP contribution is 2.37. The van der Waals surface area contributed by atoms with Crippen LogP contribution in [0.3, 0.4) is 0 Å². The van der Waals surface area contributed by atoms with Gasteiger partial charge in [-0.15, -0.1) is 0 Å². The number of hydrogen-bond donors (Lipinski definition) is 1. The summed E-state index contributed by atoms with van der Waals surface area (Å²) in [4.78, 5) is 14.7. The standard InChI is InChI=1S/C35H45NO4Si/c1-6-39-34(38)23-22-31(36(25-24-29(2)27-37)26-30-16-10-7-11-17-30)28-40-41(35(3,4)5,32-18-12-8-13-19-32)33-20-14-9-15-21-33/h7-24,31,37H,6,25-28H2,1-5H3/b23-22+,29-24+/t31-/m0/s1. The predicted octanol–water partition coefficient (Wildman–Crippen LogP) is 5.49. The van der Waals surface area contributed by atoms with Gasteiger partial charge < -0.3 is 14.3 Å². The zero-order chi connectivity index (χ0) is 29.7. The highest BCUT2D eigenvalue weighted by atomic mass is 28.4. The largest absolute Gasteiger partial charge is 0.463 e. The fourth-order valence-electron chi connectivity index (χ4n) is 5.11. The van der Waals surface area contributed by atoms with Gasteiger partial charge in [0.2, 0.25) is 0 Å². The van der Waals surface area contributed by atoms with E-state index >= 15 is 0 Å². The van der Waals surface area contributed by atoms with Crippen LogP contribution in [0.1, 0.15) is 40.2 Å². The summed E-state index contributed by atoms with van der Waals surface area (Å²) in [6.07, 6.45) is 5.46. The molecule has 3 rings (SSSR count). The summed E-state index contributed by atoms with van der Waals surface area (Å²) in [6, 6.07) is 31.2. The van der Waals surface area contributed by atoms with Crippen molar-refractivity contribution in [1.29, 1.82) is 0 Å². The highest BCUT2D eigenvalue weighted by Gasteiger charge is 2.50. The summed E-state index contributed by atoms with van der Waals surface area (Å²) >= 11 is 0. The van der Waals surface area contributed by atoms with Gasteiger partial charge in [-0.1, -0.05) is 129 Å². The molecule has 0 aliphatic rings. The van der Waals surface area contributed by atoms with Crippen molar-refractivity contribution in [3.05, 3.63) is 120 Å². The first-order chi connectivity index (χ1) is 19.7. The Hall–Kier alpha value is -3.29. The summed E-state index contributed by atoms with van der Waals surface area (Å²) in [5.74, 6) is -0.371. The van der Waals surface area contributed by atoms with Crippen molar-refractivity contribution in [2.75, 3.05) is 26.4 Å². The molecular weight excluding hydrogens is 526 g/mol. The predicted molar refractivity (Wildman–Crippen MR) is 171 cm³/mol. The molecule has 5 nitrogen and oxygen atoms in total. The van der Waals surface area contributed by atoms with Gasteiger partial charge in [-0.25, -0.2) is 4.79 Å². The number of aliphatic hydroxyl groups is 1. The number of nitrogens with zero attached hydrogens (tertiary/aromatic N) is 1. The van der Waals surface area contributed by atoms with Gasteiger partial charge in [-0.3, -0.25) is 4.90 Å². The highest BCUT2D eigenvalue weighted by molar-refractivity contribution is 6.99. The van der Waals surface area contributed by atoms with E-state index in [4.69, 9.17) is 9.16 Å². The molecular formula is C35H45NO4Si. The normalized spacial score (nSPS) is 13.5. The number of hydrogen-bond acceptors (Lipinski definition) is 5. The Morgan fingerprint density at radius 1 is 0.927 bits per heavy atom. The average molecular weight is 572 g/mol. The third-order valence-electron chi connectivity index (χ3n) is 7.25. The quantitative estimate of drug-likeness (QED) is 0.120. The fourth-order valence-corrected chi connectivity index (χ4v) is 9.68. The van der Waals surface area contributed by atoms with Crippen LogP contribution < -0.4 is 10.4 Å². The van der Waals surface area contributed by atoms with Crippen molar-refractivity contribution in [1.82, 2.24) is 4.90 Å². The van der Waals surface area contributed by atoms with Crippen LogP contribution in [-0.4, -0.2) is 56.7 Å². The van der Waals surface area contributed by atoms with Crippen molar-refractivity contribution in [2.45, 2.75) is 52.2 Å². The van der Waals surface area contributed by atoms with Crippen LogP contribution >= 0.6 is 0 Å². The van der Waals surface area contributed by atoms with E-state index in [0.717, 1.165) is 11.1 Å². The van der Waals surface area contributed by atoms with E-state index in [2.05, 4.69) is 86.3 Å². The molecule has 0 bridgehead atoms. The number of rotatable bonds is 14. The molecule has 0 heterocycles. The Morgan fingerprint density at radius 2 is 1.46 bits per heavy atom. The van der Waals surface area contributed by atoms with Crippen LogP contribution in [0.4, 0.5) is 0 Å². The van der Waals surface area contributed by atoms with Crippen molar-refractivity contribution in [3.63, 3.8) is 0 Å². The second kappa shape index (κ2) is 15.6. The molecule has 0 radical (unpaired) electrons. The Kier molecular flexibility index (Phi) is 12.3. The topological polar surface area (TPSA) is 59.0 Å². The van der Waals surface area contributed by atoms with E-state index in [-0.39, 0.29) is 23.7 Å². The molecule has 0 spiro atoms. The SMILES string of the molecule is CCOC(=O)/C=C/[C@@H](CO[Si](c1ccccc1)(c1ccccc1)C(C)(C)C)N(C/C=C(\C)CO)Cc1ccccc1. The lowest BCUT2D eigenvalue weighted by molar-refractivity contribution is -0.137. The third-order valence-corrected chi connectivity index (χ3v) is 12.3. The van der Waals surface area contributed by atoms with Gasteiger partial charge in [0.1, 0.15) is 0 Å². The van der Waals surface area contributed by atoms with Gasteiger partial charge >= 0.3 is 5.97 Å². The minimum Gasteiger partial charge on any atom is -0.463 e. The molecule has 0 aliphatic carbocycles. The minimum atomic E-state index is -2.81. The second-order valence-corrected chi connectivity index (χ2v) is 15.6. The second-order valence-electron chi connectivity index (χ2n) is 11.3. The van der Waals surface area contributed by atoms with Gasteiger partial charge in [0.05, 0.1) is 25.9 Å². The Balaban J connectivity index is 2.10. The zero-order valence-electron chi connectivity index (χ0n) is 25.1. The summed E-state index contributed by atoms with van der Waals surface area (Å²) in [7, 11) is -2.81. The van der Waals surface area contributed by atoms with Crippen LogP contribution in [0.15, 0.2) is 115 Å². The van der Waals surface area contributed by atoms with Gasteiger partial charge in [-0.2, -0.15) is 0 Å². The molecule has 3 aromatic rings. The Labute approximate surface area is 247 Å². The molecule has 0 aromatic heterocycles. The first-order valence-corrected chi connectivity index (χ1v) is 16.3. The van der Waals surface area contributed by atoms with Crippen molar-refractivity contribution in [2.24, 2.45) is 0 Å². The monoisotopic (exact) mass is 571 g/mol. The van der Waals surface area contributed by atoms with E-state index < -0.39 is 8.32 Å². The lowest BCUT2D eigenvalue weighted by atomic mass is 10.1. The smallest absolute Gasteiger partial charge is 0.330 e. The molecule has 0 saturated carbocycles. The van der Waals surface area contributed by atoms with E-state index in [9.17, 15) is 9.90 Å². The van der Waals surface area contributed by atoms with E-state index in [1.807, 2.05) is 49.4 Å². The molecule has 1 N–H and O–H groups in total. The fraction of sp³-hybridized carbons (Fsp3) is 0.343. The van der Waals surface area contributed by atoms with Gasteiger partial charge in [0.15, 0.2) is 0 Å². The van der Waals surface area contributed by atoms with Crippen LogP contribution in [0.2, 0.25) is 5.04 Å². The Morgan fingerprint density at radius 3 is 1.95 bits per heavy atom. The molecule has 0 saturated heterocycles. The zero-order valence-corrected chi connectivity index (χ0v) is 26.1. The van der Waals surface area contributed by atoms with E-state index in [1.165, 1.54) is 16.4 Å². The molecule has 6 heteroatoms. The molecule has 0 amide bonds. The van der Waals surface area contributed by atoms with Crippen molar-refractivity contribution < 1.29 is 19.1 Å². The van der Waals surface area contributed by atoms with Crippen molar-refractivity contribution in [3.8, 4) is 0 Å². The number of carbonyl (C=O) groups is 1. The lowest BCUT2D eigenvalue weighted by Crippen LogP contribution is -2.67. The summed E-state index contributed by atoms with van der Waals surface area (Å²) < 4.78 is 12.5. The summed E-state index contributed by atoms with van der Waals surface area (Å²) in [6.45, 7) is 12.4.